The maximum Gasteiger partial charge on any atom is 0.266 e. The Hall–Kier alpha value is -2.09. The summed E-state index contributed by atoms with van der Waals surface area (Å²) in [7, 11) is 0. The van der Waals surface area contributed by atoms with Gasteiger partial charge in [0.15, 0.2) is 0 Å². The van der Waals surface area contributed by atoms with Crippen molar-refractivity contribution in [3.63, 3.8) is 0 Å². The molecular weight excluding hydrogens is 268 g/mol. The summed E-state index contributed by atoms with van der Waals surface area (Å²) in [5.41, 5.74) is 7.95. The second-order valence-electron chi connectivity index (χ2n) is 4.13. The number of thiophene rings is 1. The van der Waals surface area contributed by atoms with Crippen LogP contribution < -0.4 is 11.1 Å². The molecule has 0 bridgehead atoms. The number of rotatable bonds is 3. The van der Waals surface area contributed by atoms with E-state index in [2.05, 4.69) is 17.2 Å². The average molecular weight is 284 g/mol. The van der Waals surface area contributed by atoms with Gasteiger partial charge in [0.1, 0.15) is 0 Å². The first-order valence-electron chi connectivity index (χ1n) is 6.42. The summed E-state index contributed by atoms with van der Waals surface area (Å²) in [6.07, 6.45) is 0.848. The third-order valence-corrected chi connectivity index (χ3v) is 3.79. The summed E-state index contributed by atoms with van der Waals surface area (Å²) < 4.78 is 0. The number of carbonyl (C=O) groups is 1. The van der Waals surface area contributed by atoms with Crippen LogP contribution in [0.5, 0.6) is 0 Å². The molecule has 2 aromatic rings. The number of para-hydroxylation sites is 1. The van der Waals surface area contributed by atoms with E-state index in [0.29, 0.717) is 12.2 Å². The van der Waals surface area contributed by atoms with Gasteiger partial charge in [0.05, 0.1) is 17.1 Å². The van der Waals surface area contributed by atoms with Crippen molar-refractivity contribution in [3.05, 3.63) is 51.7 Å². The van der Waals surface area contributed by atoms with E-state index in [-0.39, 0.29) is 5.91 Å². The van der Waals surface area contributed by atoms with Crippen molar-refractivity contribution in [2.75, 3.05) is 11.9 Å². The van der Waals surface area contributed by atoms with Gasteiger partial charge in [0.2, 0.25) is 0 Å². The Balaban J connectivity index is 2.24. The zero-order valence-electron chi connectivity index (χ0n) is 11.3. The van der Waals surface area contributed by atoms with Crippen LogP contribution in [0, 0.1) is 11.8 Å². The van der Waals surface area contributed by atoms with Crippen LogP contribution >= 0.6 is 11.3 Å². The number of carbonyl (C=O) groups excluding carboxylic acids is 1. The lowest BCUT2D eigenvalue weighted by Gasteiger charge is -2.07. The summed E-state index contributed by atoms with van der Waals surface area (Å²) in [6.45, 7) is 2.34. The van der Waals surface area contributed by atoms with Gasteiger partial charge >= 0.3 is 0 Å². The number of anilines is 1. The molecule has 1 aromatic heterocycles. The lowest BCUT2D eigenvalue weighted by Crippen LogP contribution is -2.13. The van der Waals surface area contributed by atoms with E-state index in [1.165, 1.54) is 11.3 Å². The van der Waals surface area contributed by atoms with Crippen LogP contribution in [0.25, 0.3) is 0 Å². The Morgan fingerprint density at radius 2 is 2.15 bits per heavy atom. The molecule has 1 aromatic carbocycles. The van der Waals surface area contributed by atoms with Crippen molar-refractivity contribution in [2.45, 2.75) is 13.3 Å². The van der Waals surface area contributed by atoms with Gasteiger partial charge in [0.25, 0.3) is 5.91 Å². The number of nitrogens with two attached hydrogens (primary N) is 1. The Labute approximate surface area is 122 Å². The number of hydrogen-bond donors (Lipinski definition) is 2. The molecule has 0 aliphatic heterocycles. The fraction of sp³-hybridized carbons (Fsp3) is 0.188. The third kappa shape index (κ3) is 3.27. The van der Waals surface area contributed by atoms with Crippen molar-refractivity contribution in [3.8, 4) is 11.8 Å². The van der Waals surface area contributed by atoms with Crippen molar-refractivity contribution < 1.29 is 4.79 Å². The molecule has 0 aliphatic carbocycles. The van der Waals surface area contributed by atoms with Crippen LogP contribution in [0.1, 0.15) is 27.7 Å². The molecule has 0 unspecified atom stereocenters. The van der Waals surface area contributed by atoms with E-state index in [4.69, 9.17) is 5.73 Å². The van der Waals surface area contributed by atoms with Gasteiger partial charge in [-0.3, -0.25) is 4.79 Å². The monoisotopic (exact) mass is 284 g/mol. The molecular formula is C16H16N2OS. The van der Waals surface area contributed by atoms with Gasteiger partial charge in [-0.05, 0) is 35.6 Å². The van der Waals surface area contributed by atoms with Gasteiger partial charge < -0.3 is 11.1 Å². The largest absolute Gasteiger partial charge is 0.320 e. The summed E-state index contributed by atoms with van der Waals surface area (Å²) in [6, 6.07) is 9.46. The van der Waals surface area contributed by atoms with Gasteiger partial charge in [-0.2, -0.15) is 0 Å². The first-order chi connectivity index (χ1) is 9.76. The predicted molar refractivity (Wildman–Crippen MR) is 84.0 cm³/mol. The lowest BCUT2D eigenvalue weighted by molar-refractivity contribution is 0.103. The molecule has 0 atom stereocenters. The minimum absolute atomic E-state index is 0.0844. The first-order valence-corrected chi connectivity index (χ1v) is 7.30. The molecule has 3 nitrogen and oxygen atoms in total. The number of hydrogen-bond acceptors (Lipinski definition) is 3. The maximum absolute atomic E-state index is 12.3. The first kappa shape index (κ1) is 14.3. The molecule has 0 saturated carbocycles. The highest BCUT2D eigenvalue weighted by Crippen LogP contribution is 2.20. The Morgan fingerprint density at radius 1 is 1.35 bits per heavy atom. The molecule has 1 amide bonds. The number of aryl methyl sites for hydroxylation is 1. The zero-order chi connectivity index (χ0) is 14.4. The van der Waals surface area contributed by atoms with E-state index in [9.17, 15) is 4.79 Å². The van der Waals surface area contributed by atoms with Gasteiger partial charge in [0, 0.05) is 5.56 Å². The van der Waals surface area contributed by atoms with E-state index < -0.39 is 0 Å². The number of nitrogens with one attached hydrogen (secondary N) is 1. The molecule has 20 heavy (non-hydrogen) atoms. The molecule has 0 saturated heterocycles. The lowest BCUT2D eigenvalue weighted by atomic mass is 10.1. The maximum atomic E-state index is 12.3. The molecule has 0 radical (unpaired) electrons. The van der Waals surface area contributed by atoms with Crippen LogP contribution in [-0.2, 0) is 6.42 Å². The van der Waals surface area contributed by atoms with Crippen molar-refractivity contribution in [1.82, 2.24) is 0 Å². The normalized spacial score (nSPS) is 9.70. The van der Waals surface area contributed by atoms with E-state index in [1.54, 1.807) is 0 Å². The van der Waals surface area contributed by atoms with Crippen molar-refractivity contribution in [1.29, 1.82) is 0 Å². The molecule has 0 aliphatic rings. The van der Waals surface area contributed by atoms with Crippen molar-refractivity contribution >= 4 is 22.9 Å². The third-order valence-electron chi connectivity index (χ3n) is 2.83. The van der Waals surface area contributed by atoms with Gasteiger partial charge in [-0.1, -0.05) is 30.9 Å². The minimum Gasteiger partial charge on any atom is -0.320 e. The second-order valence-corrected chi connectivity index (χ2v) is 5.05. The Kier molecular flexibility index (Phi) is 4.94. The smallest absolute Gasteiger partial charge is 0.266 e. The molecule has 0 spiro atoms. The van der Waals surface area contributed by atoms with Crippen LogP contribution in [0.2, 0.25) is 0 Å². The molecule has 2 rings (SSSR count). The van der Waals surface area contributed by atoms with E-state index in [1.807, 2.05) is 42.6 Å². The summed E-state index contributed by atoms with van der Waals surface area (Å²) >= 11 is 1.46. The Bertz CT molecular complexity index is 664. The van der Waals surface area contributed by atoms with Crippen LogP contribution in [0.15, 0.2) is 35.7 Å². The highest BCUT2D eigenvalue weighted by molar-refractivity contribution is 7.12. The SMILES string of the molecule is CCc1ccsc1C(=O)Nc1ccccc1C#CCN. The highest BCUT2D eigenvalue weighted by Gasteiger charge is 2.13. The predicted octanol–water partition coefficient (Wildman–Crippen LogP) is 2.87. The summed E-state index contributed by atoms with van der Waals surface area (Å²) in [5, 5.41) is 4.86. The van der Waals surface area contributed by atoms with Crippen LogP contribution in [0.4, 0.5) is 5.69 Å². The zero-order valence-corrected chi connectivity index (χ0v) is 12.1. The summed E-state index contributed by atoms with van der Waals surface area (Å²) in [5.74, 6) is 5.69. The molecule has 102 valence electrons. The molecule has 3 N–H and O–H groups in total. The number of amides is 1. The summed E-state index contributed by atoms with van der Waals surface area (Å²) in [4.78, 5) is 13.1. The average Bonchev–Trinajstić information content (AvgIpc) is 2.95. The number of benzene rings is 1. The molecule has 1 heterocycles. The second kappa shape index (κ2) is 6.90. The van der Waals surface area contributed by atoms with E-state index >= 15 is 0 Å². The highest BCUT2D eigenvalue weighted by atomic mass is 32.1. The standard InChI is InChI=1S/C16H16N2OS/c1-2-12-9-11-20-15(12)16(19)18-14-8-4-3-6-13(14)7-5-10-17/h3-4,6,8-9,11H,2,10,17H2,1H3,(H,18,19). The molecule has 0 fully saturated rings. The fourth-order valence-corrected chi connectivity index (χ4v) is 2.73. The van der Waals surface area contributed by atoms with Crippen LogP contribution in [0.3, 0.4) is 0 Å². The molecule has 4 heteroatoms. The minimum atomic E-state index is -0.0844. The fourth-order valence-electron chi connectivity index (χ4n) is 1.84. The topological polar surface area (TPSA) is 55.1 Å². The van der Waals surface area contributed by atoms with Crippen molar-refractivity contribution in [2.24, 2.45) is 5.73 Å². The van der Waals surface area contributed by atoms with Gasteiger partial charge in [-0.25, -0.2) is 0 Å². The quantitative estimate of drug-likeness (QED) is 0.852. The van der Waals surface area contributed by atoms with Crippen LogP contribution in [-0.4, -0.2) is 12.5 Å². The Morgan fingerprint density at radius 3 is 2.90 bits per heavy atom. The van der Waals surface area contributed by atoms with E-state index in [0.717, 1.165) is 22.4 Å². The van der Waals surface area contributed by atoms with Gasteiger partial charge in [-0.15, -0.1) is 11.3 Å².